The first-order valence-corrected chi connectivity index (χ1v) is 9.80. The normalized spacial score (nSPS) is 16.5. The topological polar surface area (TPSA) is 76.1 Å². The number of amides is 1. The van der Waals surface area contributed by atoms with Crippen LogP contribution < -0.4 is 4.74 Å². The molecule has 0 radical (unpaired) electrons. The van der Waals surface area contributed by atoms with E-state index < -0.39 is 23.5 Å². The van der Waals surface area contributed by atoms with Crippen molar-refractivity contribution in [1.29, 1.82) is 0 Å². The number of aliphatic hydroxyl groups excluding tert-OH is 1. The Hall–Kier alpha value is -3.38. The summed E-state index contributed by atoms with van der Waals surface area (Å²) < 4.78 is 10.7. The average molecular weight is 407 g/mol. The molecule has 0 bridgehead atoms. The zero-order valence-electron chi connectivity index (χ0n) is 17.1. The molecule has 1 aliphatic heterocycles. The molecule has 0 spiro atoms. The predicted octanol–water partition coefficient (Wildman–Crippen LogP) is 3.71. The second-order valence-corrected chi connectivity index (χ2v) is 6.77. The molecule has 6 nitrogen and oxygen atoms in total. The molecule has 2 aromatic rings. The number of hydrogen-bond donors (Lipinski definition) is 1. The minimum absolute atomic E-state index is 0.0527. The van der Waals surface area contributed by atoms with Crippen LogP contribution in [0.1, 0.15) is 24.1 Å². The lowest BCUT2D eigenvalue weighted by Crippen LogP contribution is -2.33. The number of carbonyl (C=O) groups excluding carboxylic acids is 2. The third kappa shape index (κ3) is 4.60. The molecule has 3 rings (SSSR count). The fourth-order valence-electron chi connectivity index (χ4n) is 3.44. The van der Waals surface area contributed by atoms with Crippen LogP contribution in [0.15, 0.2) is 72.0 Å². The van der Waals surface area contributed by atoms with Gasteiger partial charge in [0.2, 0.25) is 0 Å². The Morgan fingerprint density at radius 3 is 2.63 bits per heavy atom. The maximum Gasteiger partial charge on any atom is 0.290 e. The van der Waals surface area contributed by atoms with E-state index in [1.165, 1.54) is 18.1 Å². The maximum atomic E-state index is 13.0. The van der Waals surface area contributed by atoms with Crippen LogP contribution in [0.3, 0.4) is 0 Å². The summed E-state index contributed by atoms with van der Waals surface area (Å²) >= 11 is 0. The van der Waals surface area contributed by atoms with Gasteiger partial charge in [-0.25, -0.2) is 0 Å². The standard InChI is InChI=1S/C24H25NO5/c1-3-30-19-11-7-10-18(16-19)22-21(23(27)24(28)25(22)14-15-29-2)20(26)13-12-17-8-5-4-6-9-17/h4-13,16,22,27H,3,14-15H2,1-2H3. The van der Waals surface area contributed by atoms with Crippen LogP contribution in [-0.2, 0) is 14.3 Å². The number of benzene rings is 2. The van der Waals surface area contributed by atoms with E-state index in [0.717, 1.165) is 5.56 Å². The molecule has 1 amide bonds. The maximum absolute atomic E-state index is 13.0. The van der Waals surface area contributed by atoms with Crippen LogP contribution in [-0.4, -0.2) is 48.6 Å². The Labute approximate surface area is 176 Å². The lowest BCUT2D eigenvalue weighted by molar-refractivity contribution is -0.130. The number of ketones is 1. The summed E-state index contributed by atoms with van der Waals surface area (Å²) in [5, 5.41) is 10.6. The van der Waals surface area contributed by atoms with Gasteiger partial charge in [0.25, 0.3) is 5.91 Å². The van der Waals surface area contributed by atoms with Gasteiger partial charge in [0.05, 0.1) is 24.8 Å². The number of ether oxygens (including phenoxy) is 2. The third-order valence-electron chi connectivity index (χ3n) is 4.82. The molecule has 0 fully saturated rings. The van der Waals surface area contributed by atoms with Crippen LogP contribution >= 0.6 is 0 Å². The molecule has 1 unspecified atom stereocenters. The van der Waals surface area contributed by atoms with Crippen molar-refractivity contribution in [3.8, 4) is 5.75 Å². The molecule has 30 heavy (non-hydrogen) atoms. The molecule has 2 aromatic carbocycles. The lowest BCUT2D eigenvalue weighted by Gasteiger charge is -2.26. The molecular weight excluding hydrogens is 382 g/mol. The van der Waals surface area contributed by atoms with Crippen molar-refractivity contribution in [3.05, 3.63) is 83.1 Å². The number of nitrogens with zero attached hydrogens (tertiary/aromatic N) is 1. The first-order chi connectivity index (χ1) is 14.6. The molecule has 1 heterocycles. The monoisotopic (exact) mass is 407 g/mol. The van der Waals surface area contributed by atoms with Crippen molar-refractivity contribution >= 4 is 17.8 Å². The molecule has 1 N–H and O–H groups in total. The van der Waals surface area contributed by atoms with Crippen molar-refractivity contribution in [2.24, 2.45) is 0 Å². The van der Waals surface area contributed by atoms with Gasteiger partial charge in [0.1, 0.15) is 5.75 Å². The van der Waals surface area contributed by atoms with Gasteiger partial charge >= 0.3 is 0 Å². The minimum Gasteiger partial charge on any atom is -0.503 e. The van der Waals surface area contributed by atoms with E-state index in [9.17, 15) is 14.7 Å². The quantitative estimate of drug-likeness (QED) is 0.642. The second kappa shape index (κ2) is 9.89. The summed E-state index contributed by atoms with van der Waals surface area (Å²) in [5.74, 6) is -0.903. The molecule has 0 saturated heterocycles. The third-order valence-corrected chi connectivity index (χ3v) is 4.82. The van der Waals surface area contributed by atoms with Gasteiger partial charge in [-0.3, -0.25) is 9.59 Å². The summed E-state index contributed by atoms with van der Waals surface area (Å²) in [6.07, 6.45) is 3.05. The zero-order valence-corrected chi connectivity index (χ0v) is 17.1. The highest BCUT2D eigenvalue weighted by atomic mass is 16.5. The van der Waals surface area contributed by atoms with Gasteiger partial charge in [0.15, 0.2) is 11.5 Å². The van der Waals surface area contributed by atoms with Gasteiger partial charge in [-0.2, -0.15) is 0 Å². The van der Waals surface area contributed by atoms with Crippen molar-refractivity contribution in [2.45, 2.75) is 13.0 Å². The SMILES string of the molecule is CCOc1cccc(C2C(C(=O)C=Cc3ccccc3)=C(O)C(=O)N2CCOC)c1. The molecular formula is C24H25NO5. The average Bonchev–Trinajstić information content (AvgIpc) is 3.02. The van der Waals surface area contributed by atoms with Crippen LogP contribution in [0, 0.1) is 0 Å². The Morgan fingerprint density at radius 1 is 1.17 bits per heavy atom. The number of allylic oxidation sites excluding steroid dienone is 1. The van der Waals surface area contributed by atoms with Crippen LogP contribution in [0.2, 0.25) is 0 Å². The Bertz CT molecular complexity index is 965. The zero-order chi connectivity index (χ0) is 21.5. The summed E-state index contributed by atoms with van der Waals surface area (Å²) in [6, 6.07) is 15.8. The van der Waals surface area contributed by atoms with E-state index in [1.54, 1.807) is 18.2 Å². The lowest BCUT2D eigenvalue weighted by atomic mass is 9.95. The van der Waals surface area contributed by atoms with E-state index in [1.807, 2.05) is 49.4 Å². The number of hydrogen-bond acceptors (Lipinski definition) is 5. The molecule has 0 aliphatic carbocycles. The molecule has 0 saturated carbocycles. The highest BCUT2D eigenvalue weighted by molar-refractivity contribution is 6.14. The smallest absolute Gasteiger partial charge is 0.290 e. The Balaban J connectivity index is 1.99. The fraction of sp³-hybridized carbons (Fsp3) is 0.250. The number of rotatable bonds is 9. The van der Waals surface area contributed by atoms with Crippen molar-refractivity contribution in [2.75, 3.05) is 26.9 Å². The number of methoxy groups -OCH3 is 1. The summed E-state index contributed by atoms with van der Waals surface area (Å²) in [5.41, 5.74) is 1.59. The summed E-state index contributed by atoms with van der Waals surface area (Å²) in [6.45, 7) is 2.89. The van der Waals surface area contributed by atoms with Gasteiger partial charge in [-0.1, -0.05) is 48.5 Å². The van der Waals surface area contributed by atoms with E-state index in [-0.39, 0.29) is 18.7 Å². The van der Waals surface area contributed by atoms with Crippen LogP contribution in [0.25, 0.3) is 6.08 Å². The molecule has 6 heteroatoms. The number of carbonyl (C=O) groups is 2. The van der Waals surface area contributed by atoms with Gasteiger partial charge in [0, 0.05) is 13.7 Å². The number of aliphatic hydroxyl groups is 1. The fourth-order valence-corrected chi connectivity index (χ4v) is 3.44. The van der Waals surface area contributed by atoms with Crippen LogP contribution in [0.4, 0.5) is 0 Å². The summed E-state index contributed by atoms with van der Waals surface area (Å²) in [4.78, 5) is 27.2. The first kappa shape index (κ1) is 21.3. The largest absolute Gasteiger partial charge is 0.503 e. The van der Waals surface area contributed by atoms with Gasteiger partial charge < -0.3 is 19.5 Å². The van der Waals surface area contributed by atoms with Crippen LogP contribution in [0.5, 0.6) is 5.75 Å². The van der Waals surface area contributed by atoms with E-state index in [0.29, 0.717) is 17.9 Å². The predicted molar refractivity (Wildman–Crippen MR) is 114 cm³/mol. The molecule has 1 aliphatic rings. The minimum atomic E-state index is -0.721. The molecule has 0 aromatic heterocycles. The van der Waals surface area contributed by atoms with Crippen molar-refractivity contribution < 1.29 is 24.2 Å². The summed E-state index contributed by atoms with van der Waals surface area (Å²) in [7, 11) is 1.53. The molecule has 156 valence electrons. The first-order valence-electron chi connectivity index (χ1n) is 9.80. The van der Waals surface area contributed by atoms with Crippen molar-refractivity contribution in [3.63, 3.8) is 0 Å². The van der Waals surface area contributed by atoms with Crippen molar-refractivity contribution in [1.82, 2.24) is 4.90 Å². The van der Waals surface area contributed by atoms with E-state index in [2.05, 4.69) is 0 Å². The molecule has 1 atom stereocenters. The van der Waals surface area contributed by atoms with Gasteiger partial charge in [-0.15, -0.1) is 0 Å². The Morgan fingerprint density at radius 2 is 1.93 bits per heavy atom. The van der Waals surface area contributed by atoms with E-state index >= 15 is 0 Å². The second-order valence-electron chi connectivity index (χ2n) is 6.77. The Kier molecular flexibility index (Phi) is 7.03. The highest BCUT2D eigenvalue weighted by Crippen LogP contribution is 2.38. The highest BCUT2D eigenvalue weighted by Gasteiger charge is 2.42. The van der Waals surface area contributed by atoms with Gasteiger partial charge in [-0.05, 0) is 36.3 Å². The van der Waals surface area contributed by atoms with E-state index in [4.69, 9.17) is 9.47 Å².